The van der Waals surface area contributed by atoms with Crippen molar-refractivity contribution in [2.45, 2.75) is 31.3 Å². The quantitative estimate of drug-likeness (QED) is 0.484. The molecule has 1 saturated carbocycles. The van der Waals surface area contributed by atoms with E-state index >= 15 is 0 Å². The molecule has 2 fully saturated rings. The third kappa shape index (κ3) is 4.99. The fraction of sp³-hybridized carbons (Fsp3) is 0.444. The molecule has 1 atom stereocenters. The number of primary amides is 1. The van der Waals surface area contributed by atoms with Gasteiger partial charge in [0.05, 0.1) is 12.3 Å². The lowest BCUT2D eigenvalue weighted by Crippen LogP contribution is -2.56. The van der Waals surface area contributed by atoms with Crippen molar-refractivity contribution in [3.63, 3.8) is 0 Å². The number of nitrogens with zero attached hydrogens (tertiary/aromatic N) is 1. The first-order valence-electron chi connectivity index (χ1n) is 9.20. The van der Waals surface area contributed by atoms with Gasteiger partial charge in [-0.3, -0.25) is 14.4 Å². The lowest BCUT2D eigenvalue weighted by atomic mass is 9.93. The molecule has 5 amide bonds. The van der Waals surface area contributed by atoms with E-state index in [0.717, 1.165) is 25.3 Å². The summed E-state index contributed by atoms with van der Waals surface area (Å²) in [6.45, 7) is 0.372. The number of nitrogens with two attached hydrogens (primary N) is 1. The Morgan fingerprint density at radius 3 is 2.62 bits per heavy atom. The first-order chi connectivity index (χ1) is 13.8. The highest BCUT2D eigenvalue weighted by molar-refractivity contribution is 6.11. The normalized spacial score (nSPS) is 17.8. The molecule has 1 aliphatic heterocycles. The van der Waals surface area contributed by atoms with E-state index in [9.17, 15) is 23.6 Å². The van der Waals surface area contributed by atoms with Crippen LogP contribution >= 0.6 is 0 Å². The second-order valence-electron chi connectivity index (χ2n) is 6.83. The highest BCUT2D eigenvalue weighted by Crippen LogP contribution is 2.24. The van der Waals surface area contributed by atoms with Crippen LogP contribution in [-0.2, 0) is 19.1 Å². The summed E-state index contributed by atoms with van der Waals surface area (Å²) in [6.07, 6.45) is 2.67. The minimum Gasteiger partial charge on any atom is -0.370 e. The highest BCUT2D eigenvalue weighted by atomic mass is 19.1. The lowest BCUT2D eigenvalue weighted by molar-refractivity contribution is -0.128. The van der Waals surface area contributed by atoms with E-state index in [1.165, 1.54) is 17.0 Å². The Morgan fingerprint density at radius 1 is 1.28 bits per heavy atom. The van der Waals surface area contributed by atoms with E-state index in [0.29, 0.717) is 6.61 Å². The van der Waals surface area contributed by atoms with Crippen LogP contribution in [-0.4, -0.2) is 55.6 Å². The molecule has 2 aliphatic rings. The number of hydrogen-bond donors (Lipinski definition) is 4. The number of anilines is 2. The van der Waals surface area contributed by atoms with E-state index in [4.69, 9.17) is 10.5 Å². The summed E-state index contributed by atoms with van der Waals surface area (Å²) in [5, 5.41) is 7.20. The van der Waals surface area contributed by atoms with E-state index < -0.39 is 29.7 Å². The number of rotatable bonds is 6. The second kappa shape index (κ2) is 8.86. The van der Waals surface area contributed by atoms with E-state index in [1.807, 2.05) is 0 Å². The predicted molar refractivity (Wildman–Crippen MR) is 100 cm³/mol. The summed E-state index contributed by atoms with van der Waals surface area (Å²) in [5.74, 6) is -3.06. The largest absolute Gasteiger partial charge is 0.370 e. The monoisotopic (exact) mass is 407 g/mol. The Hall–Kier alpha value is -3.21. The number of amides is 5. The standard InChI is InChI=1S/C18H22FN5O5/c19-12-8-11(4-5-13(12)24-6-7-29-9-14(24)25)21-17(27)15(16(20)26)23-18(28)22-10-2-1-3-10/h4-5,8,10,15H,1-3,6-7,9H2,(H2,20,26)(H,21,27)(H2,22,23,28)/t15-/m0/s1. The molecule has 0 spiro atoms. The first kappa shape index (κ1) is 20.5. The zero-order valence-corrected chi connectivity index (χ0v) is 15.6. The molecule has 0 bridgehead atoms. The molecule has 5 N–H and O–H groups in total. The molecule has 1 aromatic rings. The van der Waals surface area contributed by atoms with Crippen molar-refractivity contribution in [2.24, 2.45) is 5.73 Å². The summed E-state index contributed by atoms with van der Waals surface area (Å²) in [4.78, 5) is 48.9. The lowest BCUT2D eigenvalue weighted by Gasteiger charge is -2.27. The minimum absolute atomic E-state index is 0.0103. The van der Waals surface area contributed by atoms with E-state index in [2.05, 4.69) is 16.0 Å². The molecule has 1 aliphatic carbocycles. The molecule has 1 saturated heterocycles. The van der Waals surface area contributed by atoms with Crippen molar-refractivity contribution < 1.29 is 28.3 Å². The molecule has 1 heterocycles. The van der Waals surface area contributed by atoms with Gasteiger partial charge in [0.25, 0.3) is 11.8 Å². The number of halogens is 1. The number of morpholine rings is 1. The van der Waals surface area contributed by atoms with Crippen LogP contribution in [0.5, 0.6) is 0 Å². The molecule has 156 valence electrons. The topological polar surface area (TPSA) is 143 Å². The Morgan fingerprint density at radius 2 is 2.03 bits per heavy atom. The van der Waals surface area contributed by atoms with Crippen molar-refractivity contribution in [3.8, 4) is 0 Å². The fourth-order valence-electron chi connectivity index (χ4n) is 2.97. The Kier molecular flexibility index (Phi) is 6.27. The molecule has 3 rings (SSSR count). The molecule has 0 radical (unpaired) electrons. The molecule has 29 heavy (non-hydrogen) atoms. The van der Waals surface area contributed by atoms with Crippen molar-refractivity contribution in [1.82, 2.24) is 10.6 Å². The average molecular weight is 407 g/mol. The number of carbonyl (C=O) groups is 4. The molecule has 11 heteroatoms. The SMILES string of the molecule is NC(=O)[C@H](NC(=O)NC1CCC1)C(=O)Nc1ccc(N2CCOCC2=O)c(F)c1. The predicted octanol–water partition coefficient (Wildman–Crippen LogP) is -0.167. The maximum atomic E-state index is 14.5. The Bertz CT molecular complexity index is 829. The summed E-state index contributed by atoms with van der Waals surface area (Å²) < 4.78 is 19.5. The second-order valence-corrected chi connectivity index (χ2v) is 6.83. The third-order valence-electron chi connectivity index (χ3n) is 4.75. The van der Waals surface area contributed by atoms with E-state index in [1.54, 1.807) is 0 Å². The molecular weight excluding hydrogens is 385 g/mol. The third-order valence-corrected chi connectivity index (χ3v) is 4.75. The van der Waals surface area contributed by atoms with Crippen molar-refractivity contribution in [1.29, 1.82) is 0 Å². The van der Waals surface area contributed by atoms with Gasteiger partial charge in [0, 0.05) is 18.3 Å². The summed E-state index contributed by atoms with van der Waals surface area (Å²) in [6, 6.07) is 1.44. The molecule has 10 nitrogen and oxygen atoms in total. The van der Waals surface area contributed by atoms with Gasteiger partial charge < -0.3 is 31.3 Å². The number of benzene rings is 1. The molecular formula is C18H22FN5O5. The van der Waals surface area contributed by atoms with Crippen LogP contribution in [0.2, 0.25) is 0 Å². The zero-order chi connectivity index (χ0) is 21.0. The molecule has 0 aromatic heterocycles. The van der Waals surface area contributed by atoms with Crippen LogP contribution in [0.3, 0.4) is 0 Å². The minimum atomic E-state index is -1.63. The van der Waals surface area contributed by atoms with Gasteiger partial charge in [0.1, 0.15) is 12.4 Å². The number of ether oxygens (including phenoxy) is 1. The summed E-state index contributed by atoms with van der Waals surface area (Å²) in [7, 11) is 0. The molecule has 0 unspecified atom stereocenters. The van der Waals surface area contributed by atoms with Gasteiger partial charge >= 0.3 is 6.03 Å². The number of nitrogens with one attached hydrogen (secondary N) is 3. The van der Waals surface area contributed by atoms with Gasteiger partial charge in [-0.05, 0) is 37.5 Å². The van der Waals surface area contributed by atoms with Gasteiger partial charge in [-0.15, -0.1) is 0 Å². The van der Waals surface area contributed by atoms with Crippen LogP contribution in [0.4, 0.5) is 20.6 Å². The first-order valence-corrected chi connectivity index (χ1v) is 9.20. The van der Waals surface area contributed by atoms with Gasteiger partial charge in [0.15, 0.2) is 6.04 Å². The van der Waals surface area contributed by atoms with Crippen LogP contribution in [0.25, 0.3) is 0 Å². The fourth-order valence-corrected chi connectivity index (χ4v) is 2.97. The maximum Gasteiger partial charge on any atom is 0.316 e. The highest BCUT2D eigenvalue weighted by Gasteiger charge is 2.29. The number of hydrogen-bond acceptors (Lipinski definition) is 5. The van der Waals surface area contributed by atoms with Crippen LogP contribution < -0.4 is 26.6 Å². The van der Waals surface area contributed by atoms with Crippen LogP contribution in [0.1, 0.15) is 19.3 Å². The van der Waals surface area contributed by atoms with Crippen LogP contribution in [0, 0.1) is 5.82 Å². The van der Waals surface area contributed by atoms with Gasteiger partial charge in [0.2, 0.25) is 5.91 Å². The zero-order valence-electron chi connectivity index (χ0n) is 15.6. The summed E-state index contributed by atoms with van der Waals surface area (Å²) >= 11 is 0. The van der Waals surface area contributed by atoms with Crippen LogP contribution in [0.15, 0.2) is 18.2 Å². The van der Waals surface area contributed by atoms with Crippen molar-refractivity contribution >= 4 is 35.1 Å². The Balaban J connectivity index is 1.64. The summed E-state index contributed by atoms with van der Waals surface area (Å²) in [5.41, 5.74) is 5.31. The smallest absolute Gasteiger partial charge is 0.316 e. The molecule has 1 aromatic carbocycles. The van der Waals surface area contributed by atoms with Gasteiger partial charge in [-0.2, -0.15) is 0 Å². The van der Waals surface area contributed by atoms with Crippen molar-refractivity contribution in [2.75, 3.05) is 30.0 Å². The van der Waals surface area contributed by atoms with Gasteiger partial charge in [-0.25, -0.2) is 9.18 Å². The maximum absolute atomic E-state index is 14.5. The average Bonchev–Trinajstić information content (AvgIpc) is 2.63. The van der Waals surface area contributed by atoms with E-state index in [-0.39, 0.29) is 36.5 Å². The van der Waals surface area contributed by atoms with Gasteiger partial charge in [-0.1, -0.05) is 0 Å². The number of carbonyl (C=O) groups excluding carboxylic acids is 4. The number of urea groups is 1. The Labute approximate surface area is 165 Å². The van der Waals surface area contributed by atoms with Crippen molar-refractivity contribution in [3.05, 3.63) is 24.0 Å².